The molecule has 1 saturated heterocycles. The van der Waals surface area contributed by atoms with Crippen LogP contribution in [-0.2, 0) is 4.79 Å². The van der Waals surface area contributed by atoms with E-state index in [0.717, 1.165) is 24.7 Å². The van der Waals surface area contributed by atoms with Crippen molar-refractivity contribution in [3.8, 4) is 0 Å². The number of aliphatic imine (C=N–C) groups is 1. The maximum Gasteiger partial charge on any atom is 0.230 e. The van der Waals surface area contributed by atoms with Crippen molar-refractivity contribution in [1.29, 1.82) is 0 Å². The highest BCUT2D eigenvalue weighted by Crippen LogP contribution is 2.39. The SMILES string of the molecule is O=C1CC(c2ccccc2)SC2=NCCCN12. The minimum Gasteiger partial charge on any atom is -0.291 e. The van der Waals surface area contributed by atoms with Crippen LogP contribution in [0.15, 0.2) is 35.3 Å². The number of hydrogen-bond donors (Lipinski definition) is 0. The molecule has 0 N–H and O–H groups in total. The Balaban J connectivity index is 1.86. The highest BCUT2D eigenvalue weighted by molar-refractivity contribution is 8.14. The molecule has 0 bridgehead atoms. The molecule has 4 heteroatoms. The van der Waals surface area contributed by atoms with Crippen LogP contribution in [0.5, 0.6) is 0 Å². The van der Waals surface area contributed by atoms with Crippen molar-refractivity contribution in [1.82, 2.24) is 4.90 Å². The lowest BCUT2D eigenvalue weighted by molar-refractivity contribution is -0.127. The Hall–Kier alpha value is -1.29. The van der Waals surface area contributed by atoms with Gasteiger partial charge < -0.3 is 0 Å². The summed E-state index contributed by atoms with van der Waals surface area (Å²) >= 11 is 1.73. The molecule has 0 radical (unpaired) electrons. The van der Waals surface area contributed by atoms with Crippen molar-refractivity contribution in [2.45, 2.75) is 18.1 Å². The number of amides is 1. The second-order valence-electron chi connectivity index (χ2n) is 4.28. The van der Waals surface area contributed by atoms with Gasteiger partial charge in [-0.2, -0.15) is 0 Å². The molecular weight excluding hydrogens is 232 g/mol. The minimum atomic E-state index is 0.219. The first-order valence-corrected chi connectivity index (χ1v) is 6.79. The van der Waals surface area contributed by atoms with E-state index in [-0.39, 0.29) is 11.2 Å². The molecule has 2 aliphatic rings. The summed E-state index contributed by atoms with van der Waals surface area (Å²) in [6, 6.07) is 10.2. The third kappa shape index (κ3) is 2.09. The molecule has 1 amide bonds. The largest absolute Gasteiger partial charge is 0.291 e. The van der Waals surface area contributed by atoms with Gasteiger partial charge in [0.2, 0.25) is 5.91 Å². The highest BCUT2D eigenvalue weighted by Gasteiger charge is 2.33. The Bertz CT molecular complexity index is 458. The van der Waals surface area contributed by atoms with Gasteiger partial charge in [-0.15, -0.1) is 0 Å². The number of carbonyl (C=O) groups is 1. The zero-order valence-corrected chi connectivity index (χ0v) is 10.3. The predicted octanol–water partition coefficient (Wildman–Crippen LogP) is 2.45. The predicted molar refractivity (Wildman–Crippen MR) is 70.0 cm³/mol. The van der Waals surface area contributed by atoms with Gasteiger partial charge in [0.05, 0.1) is 0 Å². The second-order valence-corrected chi connectivity index (χ2v) is 5.45. The molecule has 3 nitrogen and oxygen atoms in total. The van der Waals surface area contributed by atoms with E-state index in [0.29, 0.717) is 6.42 Å². The molecule has 1 aromatic rings. The average molecular weight is 246 g/mol. The van der Waals surface area contributed by atoms with E-state index in [2.05, 4.69) is 17.1 Å². The Kier molecular flexibility index (Phi) is 2.89. The van der Waals surface area contributed by atoms with Crippen molar-refractivity contribution in [2.75, 3.05) is 13.1 Å². The maximum atomic E-state index is 12.0. The van der Waals surface area contributed by atoms with Gasteiger partial charge in [0.15, 0.2) is 5.17 Å². The summed E-state index contributed by atoms with van der Waals surface area (Å²) in [5, 5.41) is 1.15. The zero-order chi connectivity index (χ0) is 11.7. The number of carbonyl (C=O) groups excluding carboxylic acids is 1. The van der Waals surface area contributed by atoms with E-state index in [1.807, 2.05) is 23.1 Å². The quantitative estimate of drug-likeness (QED) is 0.762. The summed E-state index contributed by atoms with van der Waals surface area (Å²) in [5.41, 5.74) is 1.22. The van der Waals surface area contributed by atoms with Crippen molar-refractivity contribution in [3.05, 3.63) is 35.9 Å². The molecule has 0 spiro atoms. The van der Waals surface area contributed by atoms with Crippen LogP contribution in [0.4, 0.5) is 0 Å². The summed E-state index contributed by atoms with van der Waals surface area (Å²) in [6.45, 7) is 1.69. The molecule has 88 valence electrons. The van der Waals surface area contributed by atoms with E-state index in [4.69, 9.17) is 0 Å². The molecule has 1 unspecified atom stereocenters. The van der Waals surface area contributed by atoms with Gasteiger partial charge in [0, 0.05) is 24.8 Å². The molecule has 0 aromatic heterocycles. The standard InChI is InChI=1S/C13H14N2OS/c16-12-9-11(10-5-2-1-3-6-10)17-13-14-7-4-8-15(12)13/h1-3,5-6,11H,4,7-9H2. The first-order valence-electron chi connectivity index (χ1n) is 5.91. The topological polar surface area (TPSA) is 32.7 Å². The summed E-state index contributed by atoms with van der Waals surface area (Å²) in [7, 11) is 0. The Morgan fingerprint density at radius 3 is 2.94 bits per heavy atom. The molecule has 0 saturated carbocycles. The number of thioether (sulfide) groups is 1. The fourth-order valence-corrected chi connectivity index (χ4v) is 3.47. The fraction of sp³-hybridized carbons (Fsp3) is 0.385. The van der Waals surface area contributed by atoms with Crippen LogP contribution in [0.2, 0.25) is 0 Å². The number of hydrogen-bond acceptors (Lipinski definition) is 3. The number of amidine groups is 1. The molecule has 1 fully saturated rings. The van der Waals surface area contributed by atoms with E-state index in [1.54, 1.807) is 11.8 Å². The van der Waals surface area contributed by atoms with E-state index in [1.165, 1.54) is 5.56 Å². The van der Waals surface area contributed by atoms with Gasteiger partial charge in [0.25, 0.3) is 0 Å². The average Bonchev–Trinajstić information content (AvgIpc) is 2.40. The highest BCUT2D eigenvalue weighted by atomic mass is 32.2. The number of rotatable bonds is 1. The third-order valence-electron chi connectivity index (χ3n) is 3.10. The first-order chi connectivity index (χ1) is 8.34. The summed E-state index contributed by atoms with van der Waals surface area (Å²) < 4.78 is 0. The Morgan fingerprint density at radius 2 is 2.12 bits per heavy atom. The second kappa shape index (κ2) is 4.53. The fourth-order valence-electron chi connectivity index (χ4n) is 2.21. The smallest absolute Gasteiger partial charge is 0.230 e. The van der Waals surface area contributed by atoms with Crippen LogP contribution in [0.1, 0.15) is 23.7 Å². The Labute approximate surface area is 105 Å². The van der Waals surface area contributed by atoms with Crippen molar-refractivity contribution >= 4 is 22.8 Å². The lowest BCUT2D eigenvalue weighted by atomic mass is 10.1. The molecule has 17 heavy (non-hydrogen) atoms. The molecule has 2 heterocycles. The van der Waals surface area contributed by atoms with E-state index >= 15 is 0 Å². The van der Waals surface area contributed by atoms with Crippen molar-refractivity contribution < 1.29 is 4.79 Å². The zero-order valence-electron chi connectivity index (χ0n) is 9.50. The van der Waals surface area contributed by atoms with Crippen molar-refractivity contribution in [2.24, 2.45) is 4.99 Å². The number of fused-ring (bicyclic) bond motifs is 1. The monoisotopic (exact) mass is 246 g/mol. The molecule has 2 aliphatic heterocycles. The maximum absolute atomic E-state index is 12.0. The van der Waals surface area contributed by atoms with Gasteiger partial charge in [-0.05, 0) is 12.0 Å². The molecular formula is C13H14N2OS. The molecule has 1 aromatic carbocycles. The van der Waals surface area contributed by atoms with Crippen LogP contribution in [0, 0.1) is 0 Å². The molecule has 0 aliphatic carbocycles. The van der Waals surface area contributed by atoms with Gasteiger partial charge in [-0.25, -0.2) is 0 Å². The van der Waals surface area contributed by atoms with Crippen molar-refractivity contribution in [3.63, 3.8) is 0 Å². The first kappa shape index (κ1) is 10.8. The van der Waals surface area contributed by atoms with Gasteiger partial charge in [-0.3, -0.25) is 14.7 Å². The van der Waals surface area contributed by atoms with Crippen LogP contribution in [-0.4, -0.2) is 29.1 Å². The van der Waals surface area contributed by atoms with Gasteiger partial charge >= 0.3 is 0 Å². The summed E-state index contributed by atoms with van der Waals surface area (Å²) in [4.78, 5) is 18.3. The lowest BCUT2D eigenvalue weighted by Crippen LogP contribution is -2.42. The van der Waals surface area contributed by atoms with E-state index in [9.17, 15) is 4.79 Å². The van der Waals surface area contributed by atoms with Crippen LogP contribution >= 0.6 is 11.8 Å². The van der Waals surface area contributed by atoms with Crippen LogP contribution in [0.25, 0.3) is 0 Å². The normalized spacial score (nSPS) is 24.2. The summed E-state index contributed by atoms with van der Waals surface area (Å²) in [6.07, 6.45) is 1.58. The van der Waals surface area contributed by atoms with E-state index < -0.39 is 0 Å². The van der Waals surface area contributed by atoms with Gasteiger partial charge in [0.1, 0.15) is 0 Å². The molecule has 3 rings (SSSR count). The van der Waals surface area contributed by atoms with Crippen LogP contribution < -0.4 is 0 Å². The summed E-state index contributed by atoms with van der Waals surface area (Å²) in [5.74, 6) is 0.219. The van der Waals surface area contributed by atoms with Gasteiger partial charge in [-0.1, -0.05) is 42.1 Å². The molecule has 1 atom stereocenters. The minimum absolute atomic E-state index is 0.219. The lowest BCUT2D eigenvalue weighted by Gasteiger charge is -2.34. The number of benzene rings is 1. The van der Waals surface area contributed by atoms with Crippen LogP contribution in [0.3, 0.4) is 0 Å². The number of nitrogens with zero attached hydrogens (tertiary/aromatic N) is 2. The third-order valence-corrected chi connectivity index (χ3v) is 4.38. The Morgan fingerprint density at radius 1 is 1.29 bits per heavy atom.